The number of carbonyl (C=O) groups is 2. The summed E-state index contributed by atoms with van der Waals surface area (Å²) in [6.07, 6.45) is 3.49. The van der Waals surface area contributed by atoms with Gasteiger partial charge in [0.25, 0.3) is 5.91 Å². The quantitative estimate of drug-likeness (QED) is 0.290. The Morgan fingerprint density at radius 2 is 1.74 bits per heavy atom. The van der Waals surface area contributed by atoms with Crippen molar-refractivity contribution in [2.75, 3.05) is 55.8 Å². The molecule has 1 aliphatic heterocycles. The Kier molecular flexibility index (Phi) is 8.46. The third kappa shape index (κ3) is 6.72. The fourth-order valence-corrected chi connectivity index (χ4v) is 4.83. The summed E-state index contributed by atoms with van der Waals surface area (Å²) in [5, 5.41) is 9.79. The summed E-state index contributed by atoms with van der Waals surface area (Å²) in [6, 6.07) is 13.3. The van der Waals surface area contributed by atoms with Crippen LogP contribution in [0.25, 0.3) is 22.2 Å². The van der Waals surface area contributed by atoms with Crippen molar-refractivity contribution in [1.29, 1.82) is 0 Å². The summed E-state index contributed by atoms with van der Waals surface area (Å²) >= 11 is 0. The SMILES string of the molecule is CNc1ncc2cc(-c3cc(C(=O)Nc4cc(C(C)(C)C)ccc4NC(=O)CN4CCOCC4)ccc3C)cnc2n1. The van der Waals surface area contributed by atoms with Gasteiger partial charge < -0.3 is 20.7 Å². The number of fused-ring (bicyclic) bond motifs is 1. The van der Waals surface area contributed by atoms with Crippen LogP contribution < -0.4 is 16.0 Å². The van der Waals surface area contributed by atoms with E-state index >= 15 is 0 Å². The molecule has 5 rings (SSSR count). The van der Waals surface area contributed by atoms with Crippen molar-refractivity contribution >= 4 is 40.2 Å². The van der Waals surface area contributed by atoms with E-state index in [-0.39, 0.29) is 23.8 Å². The molecule has 1 saturated heterocycles. The molecule has 3 N–H and O–H groups in total. The molecule has 2 amide bonds. The number of morpholine rings is 1. The predicted octanol–water partition coefficient (Wildman–Crippen LogP) is 4.86. The molecule has 4 aromatic rings. The summed E-state index contributed by atoms with van der Waals surface area (Å²) in [7, 11) is 1.76. The van der Waals surface area contributed by atoms with Crippen molar-refractivity contribution in [2.24, 2.45) is 0 Å². The highest BCUT2D eigenvalue weighted by atomic mass is 16.5. The summed E-state index contributed by atoms with van der Waals surface area (Å²) in [4.78, 5) is 41.8. The average Bonchev–Trinajstić information content (AvgIpc) is 2.97. The number of nitrogens with one attached hydrogen (secondary N) is 3. The molecule has 2 aromatic carbocycles. The number of carbonyl (C=O) groups excluding carboxylic acids is 2. The minimum Gasteiger partial charge on any atom is -0.379 e. The van der Waals surface area contributed by atoms with Gasteiger partial charge in [-0.1, -0.05) is 32.9 Å². The van der Waals surface area contributed by atoms with Gasteiger partial charge in [-0.25, -0.2) is 9.97 Å². The van der Waals surface area contributed by atoms with Crippen molar-refractivity contribution in [3.05, 3.63) is 71.5 Å². The van der Waals surface area contributed by atoms with Crippen LogP contribution in [0.1, 0.15) is 42.3 Å². The van der Waals surface area contributed by atoms with Crippen LogP contribution >= 0.6 is 0 Å². The van der Waals surface area contributed by atoms with E-state index in [1.165, 1.54) is 0 Å². The van der Waals surface area contributed by atoms with Crippen LogP contribution in [0, 0.1) is 6.92 Å². The van der Waals surface area contributed by atoms with Gasteiger partial charge in [-0.05, 0) is 59.4 Å². The van der Waals surface area contributed by atoms with Gasteiger partial charge in [-0.2, -0.15) is 4.98 Å². The summed E-state index contributed by atoms with van der Waals surface area (Å²) in [5.74, 6) is 0.0923. The van der Waals surface area contributed by atoms with E-state index in [1.807, 2.05) is 43.3 Å². The Bertz CT molecular complexity index is 1620. The molecule has 1 aliphatic rings. The Morgan fingerprint density at radius 1 is 0.952 bits per heavy atom. The molecule has 0 radical (unpaired) electrons. The smallest absolute Gasteiger partial charge is 0.255 e. The number of rotatable bonds is 7. The second-order valence-electron chi connectivity index (χ2n) is 11.5. The molecular formula is C32H37N7O3. The highest BCUT2D eigenvalue weighted by Gasteiger charge is 2.20. The molecular weight excluding hydrogens is 530 g/mol. The van der Waals surface area contributed by atoms with Gasteiger partial charge in [0.05, 0.1) is 31.1 Å². The maximum atomic E-state index is 13.6. The Morgan fingerprint density at radius 3 is 2.48 bits per heavy atom. The van der Waals surface area contributed by atoms with Gasteiger partial charge in [-0.15, -0.1) is 0 Å². The number of nitrogens with zero attached hydrogens (tertiary/aromatic N) is 4. The first-order valence-electron chi connectivity index (χ1n) is 14.1. The zero-order valence-corrected chi connectivity index (χ0v) is 24.7. The minimum atomic E-state index is -0.276. The van der Waals surface area contributed by atoms with Crippen LogP contribution in [0.2, 0.25) is 0 Å². The molecule has 1 fully saturated rings. The zero-order valence-electron chi connectivity index (χ0n) is 24.7. The van der Waals surface area contributed by atoms with Gasteiger partial charge in [0.2, 0.25) is 11.9 Å². The van der Waals surface area contributed by atoms with E-state index in [0.717, 1.165) is 27.6 Å². The van der Waals surface area contributed by atoms with Crippen LogP contribution in [-0.4, -0.2) is 71.6 Å². The molecule has 0 bridgehead atoms. The van der Waals surface area contributed by atoms with Crippen molar-refractivity contribution in [2.45, 2.75) is 33.1 Å². The summed E-state index contributed by atoms with van der Waals surface area (Å²) < 4.78 is 5.39. The molecule has 2 aromatic heterocycles. The second-order valence-corrected chi connectivity index (χ2v) is 11.5. The van der Waals surface area contributed by atoms with Crippen molar-refractivity contribution in [1.82, 2.24) is 19.9 Å². The van der Waals surface area contributed by atoms with E-state index in [9.17, 15) is 9.59 Å². The molecule has 0 aliphatic carbocycles. The number of aryl methyl sites for hydroxylation is 1. The fourth-order valence-electron chi connectivity index (χ4n) is 4.83. The summed E-state index contributed by atoms with van der Waals surface area (Å²) in [5.41, 5.74) is 5.84. The standard InChI is InChI=1S/C32H37N7O3/c1-20-6-7-21(15-25(20)22-14-23-18-35-31(33-5)38-29(23)34-17-22)30(41)37-27-16-24(32(2,3)4)8-9-26(27)36-28(40)19-39-10-12-42-13-11-39/h6-9,14-18H,10-13,19H2,1-5H3,(H,36,40)(H,37,41)(H,33,34,35,38). The molecule has 10 heteroatoms. The van der Waals surface area contributed by atoms with E-state index in [2.05, 4.69) is 56.6 Å². The Balaban J connectivity index is 1.41. The highest BCUT2D eigenvalue weighted by molar-refractivity contribution is 6.08. The number of hydrogen-bond acceptors (Lipinski definition) is 8. The molecule has 0 spiro atoms. The zero-order chi connectivity index (χ0) is 29.9. The van der Waals surface area contributed by atoms with Gasteiger partial charge in [0.15, 0.2) is 5.65 Å². The number of aromatic nitrogens is 3. The van der Waals surface area contributed by atoms with Gasteiger partial charge in [-0.3, -0.25) is 14.5 Å². The van der Waals surface area contributed by atoms with Crippen molar-refractivity contribution in [3.63, 3.8) is 0 Å². The lowest BCUT2D eigenvalue weighted by Crippen LogP contribution is -2.41. The molecule has 218 valence electrons. The largest absolute Gasteiger partial charge is 0.379 e. The van der Waals surface area contributed by atoms with Crippen molar-refractivity contribution < 1.29 is 14.3 Å². The number of ether oxygens (including phenoxy) is 1. The highest BCUT2D eigenvalue weighted by Crippen LogP contribution is 2.32. The monoisotopic (exact) mass is 567 g/mol. The van der Waals surface area contributed by atoms with E-state index in [4.69, 9.17) is 4.74 Å². The molecule has 42 heavy (non-hydrogen) atoms. The fraction of sp³-hybridized carbons (Fsp3) is 0.344. The van der Waals surface area contributed by atoms with Crippen LogP contribution in [0.4, 0.5) is 17.3 Å². The first-order chi connectivity index (χ1) is 20.1. The number of benzene rings is 2. The van der Waals surface area contributed by atoms with Crippen LogP contribution in [-0.2, 0) is 14.9 Å². The van der Waals surface area contributed by atoms with Crippen LogP contribution in [0.3, 0.4) is 0 Å². The van der Waals surface area contributed by atoms with Gasteiger partial charge in [0, 0.05) is 49.0 Å². The number of amides is 2. The molecule has 10 nitrogen and oxygen atoms in total. The lowest BCUT2D eigenvalue weighted by molar-refractivity contribution is -0.118. The molecule has 0 atom stereocenters. The third-order valence-electron chi connectivity index (χ3n) is 7.35. The lowest BCUT2D eigenvalue weighted by Gasteiger charge is -2.26. The first-order valence-corrected chi connectivity index (χ1v) is 14.1. The van der Waals surface area contributed by atoms with Crippen LogP contribution in [0.15, 0.2) is 54.9 Å². The normalized spacial score (nSPS) is 14.0. The topological polar surface area (TPSA) is 121 Å². The maximum Gasteiger partial charge on any atom is 0.255 e. The molecule has 3 heterocycles. The van der Waals surface area contributed by atoms with E-state index < -0.39 is 0 Å². The molecule has 0 saturated carbocycles. The number of hydrogen-bond donors (Lipinski definition) is 3. The minimum absolute atomic E-state index is 0.136. The lowest BCUT2D eigenvalue weighted by atomic mass is 9.86. The Hall–Kier alpha value is -4.41. The van der Waals surface area contributed by atoms with Crippen molar-refractivity contribution in [3.8, 4) is 11.1 Å². The Labute approximate surface area is 245 Å². The second kappa shape index (κ2) is 12.2. The van der Waals surface area contributed by atoms with Crippen LogP contribution in [0.5, 0.6) is 0 Å². The predicted molar refractivity (Wildman–Crippen MR) is 166 cm³/mol. The average molecular weight is 568 g/mol. The summed E-state index contributed by atoms with van der Waals surface area (Å²) in [6.45, 7) is 11.3. The maximum absolute atomic E-state index is 13.6. The molecule has 0 unspecified atom stereocenters. The first kappa shape index (κ1) is 29.1. The van der Waals surface area contributed by atoms with Gasteiger partial charge in [0.1, 0.15) is 0 Å². The van der Waals surface area contributed by atoms with E-state index in [0.29, 0.717) is 54.8 Å². The van der Waals surface area contributed by atoms with Gasteiger partial charge >= 0.3 is 0 Å². The third-order valence-corrected chi connectivity index (χ3v) is 7.35. The number of pyridine rings is 1. The number of anilines is 3. The van der Waals surface area contributed by atoms with E-state index in [1.54, 1.807) is 25.5 Å².